The van der Waals surface area contributed by atoms with E-state index in [1.807, 2.05) is 6.08 Å². The molecule has 1 atom stereocenters. The first-order valence-corrected chi connectivity index (χ1v) is 15.5. The molecule has 3 nitrogen and oxygen atoms in total. The van der Waals surface area contributed by atoms with Crippen molar-refractivity contribution in [2.75, 3.05) is 6.61 Å². The number of ether oxygens (including phenoxy) is 1. The minimum atomic E-state index is -1.88. The van der Waals surface area contributed by atoms with E-state index >= 15 is 0 Å². The van der Waals surface area contributed by atoms with Gasteiger partial charge in [0.2, 0.25) is 0 Å². The largest absolute Gasteiger partial charge is 0.462 e. The van der Waals surface area contributed by atoms with Gasteiger partial charge in [0.25, 0.3) is 0 Å². The first kappa shape index (κ1) is 24.2. The zero-order valence-electron chi connectivity index (χ0n) is 18.0. The fourth-order valence-electron chi connectivity index (χ4n) is 1.86. The van der Waals surface area contributed by atoms with E-state index in [2.05, 4.69) is 71.9 Å². The summed E-state index contributed by atoms with van der Waals surface area (Å²) in [4.78, 5) is 11.0. The number of hydrogen-bond donors (Lipinski definition) is 0. The summed E-state index contributed by atoms with van der Waals surface area (Å²) in [5, 5.41) is 0.158. The van der Waals surface area contributed by atoms with Gasteiger partial charge >= 0.3 is 5.97 Å². The van der Waals surface area contributed by atoms with Crippen molar-refractivity contribution in [3.63, 3.8) is 0 Å². The van der Waals surface area contributed by atoms with Gasteiger partial charge in [-0.15, -0.1) is 11.5 Å². The van der Waals surface area contributed by atoms with Crippen LogP contribution in [-0.4, -0.2) is 35.1 Å². The standard InChI is InChI=1S/C20H38O3Si2/c1-17(14-15-22-18(2)21)19(13-11-12-16-24(6,7)8)23-25(9,10)20(3,4)5/h14,19H,11,13,15H2,1-10H3/b17-14+. The van der Waals surface area contributed by atoms with E-state index in [0.29, 0.717) is 6.61 Å². The van der Waals surface area contributed by atoms with E-state index in [1.165, 1.54) is 6.92 Å². The number of esters is 1. The fraction of sp³-hybridized carbons (Fsp3) is 0.750. The lowest BCUT2D eigenvalue weighted by atomic mass is 10.1. The highest BCUT2D eigenvalue weighted by Gasteiger charge is 2.39. The van der Waals surface area contributed by atoms with Crippen molar-refractivity contribution < 1.29 is 14.0 Å². The van der Waals surface area contributed by atoms with E-state index < -0.39 is 16.4 Å². The Bertz CT molecular complexity index is 526. The van der Waals surface area contributed by atoms with Crippen LogP contribution < -0.4 is 0 Å². The molecule has 0 heterocycles. The lowest BCUT2D eigenvalue weighted by Gasteiger charge is -2.39. The van der Waals surface area contributed by atoms with Gasteiger partial charge in [0.15, 0.2) is 8.32 Å². The first-order chi connectivity index (χ1) is 11.2. The summed E-state index contributed by atoms with van der Waals surface area (Å²) in [5.74, 6) is 3.09. The molecule has 0 aromatic heterocycles. The highest BCUT2D eigenvalue weighted by atomic mass is 28.4. The summed E-state index contributed by atoms with van der Waals surface area (Å²) in [6.45, 7) is 21.9. The molecule has 0 rings (SSSR count). The number of carbonyl (C=O) groups excluding carboxylic acids is 1. The molecule has 25 heavy (non-hydrogen) atoms. The number of rotatable bonds is 7. The molecule has 0 N–H and O–H groups in total. The second-order valence-corrected chi connectivity index (χ2v) is 18.7. The van der Waals surface area contributed by atoms with E-state index in [-0.39, 0.29) is 17.1 Å². The Morgan fingerprint density at radius 2 is 1.68 bits per heavy atom. The molecule has 0 aliphatic rings. The molecular weight excluding hydrogens is 344 g/mol. The summed E-state index contributed by atoms with van der Waals surface area (Å²) in [7, 11) is -3.21. The highest BCUT2D eigenvalue weighted by molar-refractivity contribution is 6.83. The molecule has 0 saturated carbocycles. The van der Waals surface area contributed by atoms with Crippen molar-refractivity contribution in [3.8, 4) is 11.5 Å². The lowest BCUT2D eigenvalue weighted by Crippen LogP contribution is -2.44. The Morgan fingerprint density at radius 3 is 2.12 bits per heavy atom. The second-order valence-electron chi connectivity index (χ2n) is 9.21. The van der Waals surface area contributed by atoms with Gasteiger partial charge in [-0.2, -0.15) is 0 Å². The SMILES string of the molecule is CC(=O)OC/C=C(\C)C(CCC#C[Si](C)(C)C)O[Si](C)(C)C(C)(C)C. The number of hydrogen-bond acceptors (Lipinski definition) is 3. The van der Waals surface area contributed by atoms with Crippen LogP contribution in [0.1, 0.15) is 47.5 Å². The minimum Gasteiger partial charge on any atom is -0.462 e. The Kier molecular flexibility index (Phi) is 9.42. The predicted octanol–water partition coefficient (Wildman–Crippen LogP) is 5.55. The molecular formula is C20H38O3Si2. The van der Waals surface area contributed by atoms with Gasteiger partial charge in [0.05, 0.1) is 6.10 Å². The van der Waals surface area contributed by atoms with Gasteiger partial charge < -0.3 is 9.16 Å². The van der Waals surface area contributed by atoms with E-state index in [0.717, 1.165) is 18.4 Å². The van der Waals surface area contributed by atoms with Crippen LogP contribution in [0.15, 0.2) is 11.6 Å². The van der Waals surface area contributed by atoms with Crippen molar-refractivity contribution in [2.24, 2.45) is 0 Å². The van der Waals surface area contributed by atoms with Crippen LogP contribution in [0, 0.1) is 11.5 Å². The van der Waals surface area contributed by atoms with Crippen LogP contribution in [0.4, 0.5) is 0 Å². The van der Waals surface area contributed by atoms with Gasteiger partial charge in [0.1, 0.15) is 14.7 Å². The van der Waals surface area contributed by atoms with E-state index in [4.69, 9.17) is 9.16 Å². The van der Waals surface area contributed by atoms with Crippen molar-refractivity contribution in [1.29, 1.82) is 0 Å². The average molecular weight is 383 g/mol. The van der Waals surface area contributed by atoms with Crippen LogP contribution in [0.3, 0.4) is 0 Å². The third kappa shape index (κ3) is 10.7. The molecule has 144 valence electrons. The summed E-state index contributed by atoms with van der Waals surface area (Å²) in [5.41, 5.74) is 4.55. The fourth-order valence-corrected chi connectivity index (χ4v) is 3.89. The zero-order chi connectivity index (χ0) is 19.9. The maximum absolute atomic E-state index is 11.0. The third-order valence-corrected chi connectivity index (χ3v) is 9.85. The normalized spacial score (nSPS) is 14.6. The summed E-state index contributed by atoms with van der Waals surface area (Å²) < 4.78 is 11.7. The van der Waals surface area contributed by atoms with Gasteiger partial charge in [-0.1, -0.05) is 40.4 Å². The Labute approximate surface area is 157 Å². The van der Waals surface area contributed by atoms with Crippen LogP contribution in [-0.2, 0) is 14.0 Å². The molecule has 1 unspecified atom stereocenters. The van der Waals surface area contributed by atoms with Crippen molar-refractivity contribution in [1.82, 2.24) is 0 Å². The Balaban J connectivity index is 5.16. The van der Waals surface area contributed by atoms with Gasteiger partial charge in [-0.25, -0.2) is 0 Å². The molecule has 5 heteroatoms. The Hall–Kier alpha value is -0.836. The van der Waals surface area contributed by atoms with Crippen molar-refractivity contribution >= 4 is 22.4 Å². The first-order valence-electron chi connectivity index (χ1n) is 9.13. The second kappa shape index (κ2) is 9.75. The maximum Gasteiger partial charge on any atom is 0.302 e. The van der Waals surface area contributed by atoms with Gasteiger partial charge in [0, 0.05) is 13.3 Å². The Morgan fingerprint density at radius 1 is 1.12 bits per heavy atom. The molecule has 0 radical (unpaired) electrons. The topological polar surface area (TPSA) is 35.5 Å². The molecule has 0 fully saturated rings. The van der Waals surface area contributed by atoms with Crippen LogP contribution in [0.5, 0.6) is 0 Å². The van der Waals surface area contributed by atoms with E-state index in [1.54, 1.807) is 0 Å². The quantitative estimate of drug-likeness (QED) is 0.251. The maximum atomic E-state index is 11.0. The van der Waals surface area contributed by atoms with Crippen LogP contribution in [0.25, 0.3) is 0 Å². The van der Waals surface area contributed by atoms with Crippen molar-refractivity contribution in [2.45, 2.75) is 91.3 Å². The zero-order valence-corrected chi connectivity index (χ0v) is 20.0. The summed E-state index contributed by atoms with van der Waals surface area (Å²) >= 11 is 0. The van der Waals surface area contributed by atoms with Gasteiger partial charge in [-0.05, 0) is 43.1 Å². The average Bonchev–Trinajstić information content (AvgIpc) is 2.39. The summed E-state index contributed by atoms with van der Waals surface area (Å²) in [6, 6.07) is 0. The van der Waals surface area contributed by atoms with Gasteiger partial charge in [-0.3, -0.25) is 4.79 Å². The number of carbonyl (C=O) groups is 1. The van der Waals surface area contributed by atoms with Crippen LogP contribution >= 0.6 is 0 Å². The summed E-state index contributed by atoms with van der Waals surface area (Å²) in [6.07, 6.45) is 3.72. The van der Waals surface area contributed by atoms with Crippen molar-refractivity contribution in [3.05, 3.63) is 11.6 Å². The highest BCUT2D eigenvalue weighted by Crippen LogP contribution is 2.38. The molecule has 0 amide bonds. The predicted molar refractivity (Wildman–Crippen MR) is 113 cm³/mol. The molecule has 0 aromatic rings. The smallest absolute Gasteiger partial charge is 0.302 e. The lowest BCUT2D eigenvalue weighted by molar-refractivity contribution is -0.139. The molecule has 0 bridgehead atoms. The molecule has 0 aliphatic carbocycles. The molecule has 0 saturated heterocycles. The monoisotopic (exact) mass is 382 g/mol. The molecule has 0 aliphatic heterocycles. The molecule has 0 aromatic carbocycles. The minimum absolute atomic E-state index is 0.0346. The van der Waals surface area contributed by atoms with E-state index in [9.17, 15) is 4.79 Å². The third-order valence-electron chi connectivity index (χ3n) is 4.44. The van der Waals surface area contributed by atoms with Crippen LogP contribution in [0.2, 0.25) is 37.8 Å². The molecule has 0 spiro atoms.